The first-order valence-corrected chi connectivity index (χ1v) is 12.0. The van der Waals surface area contributed by atoms with E-state index in [9.17, 15) is 4.79 Å². The fourth-order valence-corrected chi connectivity index (χ4v) is 6.31. The maximum atomic E-state index is 13.5. The quantitative estimate of drug-likeness (QED) is 0.742. The molecule has 2 aromatic carbocycles. The van der Waals surface area contributed by atoms with Gasteiger partial charge >= 0.3 is 0 Å². The molecule has 2 bridgehead atoms. The van der Waals surface area contributed by atoms with Crippen LogP contribution in [0, 0.1) is 11.8 Å². The average Bonchev–Trinajstić information content (AvgIpc) is 2.82. The van der Waals surface area contributed by atoms with Gasteiger partial charge in [0.05, 0.1) is 0 Å². The minimum absolute atomic E-state index is 0.209. The zero-order valence-corrected chi connectivity index (χ0v) is 18.9. The summed E-state index contributed by atoms with van der Waals surface area (Å²) in [6.07, 6.45) is 6.33. The summed E-state index contributed by atoms with van der Waals surface area (Å²) in [5.74, 6) is 1.39. The van der Waals surface area contributed by atoms with Crippen LogP contribution in [0.1, 0.15) is 41.6 Å². The Bertz CT molecular complexity index is 912. The van der Waals surface area contributed by atoms with Gasteiger partial charge in [-0.15, -0.1) is 0 Å². The van der Waals surface area contributed by atoms with Gasteiger partial charge in [0.15, 0.2) is 0 Å². The highest BCUT2D eigenvalue weighted by Crippen LogP contribution is 2.42. The lowest BCUT2D eigenvalue weighted by atomic mass is 9.71. The molecule has 4 heteroatoms. The normalized spacial score (nSPS) is 28.1. The third-order valence-electron chi connectivity index (χ3n) is 7.81. The minimum Gasteiger partial charge on any atom is -0.378 e. The second-order valence-corrected chi connectivity index (χ2v) is 9.97. The molecule has 31 heavy (non-hydrogen) atoms. The monoisotopic (exact) mass is 417 g/mol. The van der Waals surface area contributed by atoms with Crippen molar-refractivity contribution in [3.63, 3.8) is 0 Å². The first-order chi connectivity index (χ1) is 15.1. The van der Waals surface area contributed by atoms with Crippen LogP contribution in [0.4, 0.5) is 5.69 Å². The predicted octanol–water partition coefficient (Wildman–Crippen LogP) is 4.31. The molecular formula is C27H35N3O. The van der Waals surface area contributed by atoms with Crippen molar-refractivity contribution in [2.75, 3.05) is 38.6 Å². The SMILES string of the molecule is CN(C)c1cccc(C(=O)N2C[C@H]3C[C@@H](C2)[C@H](Cc2ccccc2)N2CCCC[C@@H]32)c1. The Morgan fingerprint density at radius 3 is 2.61 bits per heavy atom. The Morgan fingerprint density at radius 1 is 1.00 bits per heavy atom. The maximum absolute atomic E-state index is 13.5. The first kappa shape index (κ1) is 20.6. The van der Waals surface area contributed by atoms with Gasteiger partial charge in [-0.3, -0.25) is 9.69 Å². The van der Waals surface area contributed by atoms with E-state index in [-0.39, 0.29) is 5.91 Å². The highest BCUT2D eigenvalue weighted by atomic mass is 16.2. The molecule has 3 aliphatic rings. The molecule has 4 atom stereocenters. The highest BCUT2D eigenvalue weighted by Gasteiger charge is 2.47. The summed E-state index contributed by atoms with van der Waals surface area (Å²) in [5.41, 5.74) is 3.34. The topological polar surface area (TPSA) is 26.8 Å². The van der Waals surface area contributed by atoms with Crippen LogP contribution in [-0.2, 0) is 6.42 Å². The first-order valence-electron chi connectivity index (χ1n) is 12.0. The number of rotatable bonds is 4. The number of piperidine rings is 3. The molecule has 0 spiro atoms. The Labute approximate surface area is 186 Å². The predicted molar refractivity (Wildman–Crippen MR) is 127 cm³/mol. The Hall–Kier alpha value is -2.33. The molecule has 2 aromatic rings. The molecule has 0 unspecified atom stereocenters. The van der Waals surface area contributed by atoms with Gasteiger partial charge in [-0.05, 0) is 67.8 Å². The summed E-state index contributed by atoms with van der Waals surface area (Å²) in [6, 6.07) is 20.2. The van der Waals surface area contributed by atoms with Gasteiger partial charge in [-0.1, -0.05) is 42.8 Å². The standard InChI is InChI=1S/C27H35N3O/c1-28(2)24-12-8-11-21(17-24)27(31)29-18-22-16-23(19-29)26(15-20-9-4-3-5-10-20)30-14-7-6-13-25(22)30/h3-5,8-12,17,22-23,25-26H,6-7,13-16,18-19H2,1-2H3/t22-,23+,25+,26+/m1/s1. The van der Waals surface area contributed by atoms with Crippen LogP contribution in [0.25, 0.3) is 0 Å². The third kappa shape index (κ3) is 4.10. The van der Waals surface area contributed by atoms with Gasteiger partial charge in [0.1, 0.15) is 0 Å². The van der Waals surface area contributed by atoms with E-state index in [1.807, 2.05) is 32.3 Å². The minimum atomic E-state index is 0.209. The van der Waals surface area contributed by atoms with Gasteiger partial charge in [-0.2, -0.15) is 0 Å². The van der Waals surface area contributed by atoms with Crippen LogP contribution >= 0.6 is 0 Å². The van der Waals surface area contributed by atoms with E-state index >= 15 is 0 Å². The molecule has 0 aromatic heterocycles. The largest absolute Gasteiger partial charge is 0.378 e. The van der Waals surface area contributed by atoms with E-state index < -0.39 is 0 Å². The molecule has 3 saturated heterocycles. The number of fused-ring (bicyclic) bond motifs is 4. The van der Waals surface area contributed by atoms with Crippen LogP contribution in [-0.4, -0.2) is 61.5 Å². The zero-order chi connectivity index (χ0) is 21.4. The number of benzene rings is 2. The second kappa shape index (κ2) is 8.66. The summed E-state index contributed by atoms with van der Waals surface area (Å²) in [7, 11) is 4.06. The van der Waals surface area contributed by atoms with E-state index in [1.165, 1.54) is 37.8 Å². The van der Waals surface area contributed by atoms with E-state index in [0.717, 1.165) is 30.8 Å². The molecule has 0 aliphatic carbocycles. The van der Waals surface area contributed by atoms with Crippen molar-refractivity contribution >= 4 is 11.6 Å². The van der Waals surface area contributed by atoms with Crippen molar-refractivity contribution in [1.82, 2.24) is 9.80 Å². The number of amides is 1. The third-order valence-corrected chi connectivity index (χ3v) is 7.81. The van der Waals surface area contributed by atoms with Crippen molar-refractivity contribution in [3.05, 3.63) is 65.7 Å². The van der Waals surface area contributed by atoms with Crippen molar-refractivity contribution in [2.24, 2.45) is 11.8 Å². The van der Waals surface area contributed by atoms with Crippen molar-refractivity contribution < 1.29 is 4.79 Å². The lowest BCUT2D eigenvalue weighted by molar-refractivity contribution is -0.0642. The van der Waals surface area contributed by atoms with Crippen LogP contribution in [0.15, 0.2) is 54.6 Å². The number of likely N-dealkylation sites (tertiary alicyclic amines) is 1. The number of carbonyl (C=O) groups is 1. The van der Waals surface area contributed by atoms with Crippen LogP contribution in [0.2, 0.25) is 0 Å². The maximum Gasteiger partial charge on any atom is 0.253 e. The van der Waals surface area contributed by atoms with Gasteiger partial charge in [0.2, 0.25) is 0 Å². The van der Waals surface area contributed by atoms with Gasteiger partial charge in [-0.25, -0.2) is 0 Å². The number of carbonyl (C=O) groups excluding carboxylic acids is 1. The average molecular weight is 418 g/mol. The Balaban J connectivity index is 1.40. The summed E-state index contributed by atoms with van der Waals surface area (Å²) >= 11 is 0. The number of hydrogen-bond acceptors (Lipinski definition) is 3. The second-order valence-electron chi connectivity index (χ2n) is 9.97. The summed E-state index contributed by atoms with van der Waals surface area (Å²) in [4.78, 5) is 20.6. The molecule has 5 rings (SSSR count). The molecular weight excluding hydrogens is 382 g/mol. The molecule has 3 fully saturated rings. The molecule has 0 radical (unpaired) electrons. The summed E-state index contributed by atoms with van der Waals surface area (Å²) in [5, 5.41) is 0. The van der Waals surface area contributed by atoms with Crippen molar-refractivity contribution in [2.45, 2.75) is 44.2 Å². The Kier molecular flexibility index (Phi) is 5.75. The van der Waals surface area contributed by atoms with Gasteiger partial charge < -0.3 is 9.80 Å². The van der Waals surface area contributed by atoms with Crippen LogP contribution < -0.4 is 4.90 Å². The Morgan fingerprint density at radius 2 is 1.81 bits per heavy atom. The fraction of sp³-hybridized carbons (Fsp3) is 0.519. The molecule has 164 valence electrons. The van der Waals surface area contributed by atoms with E-state index in [2.05, 4.69) is 51.1 Å². The molecule has 1 amide bonds. The lowest BCUT2D eigenvalue weighted by Gasteiger charge is -2.57. The number of nitrogens with zero attached hydrogens (tertiary/aromatic N) is 3. The van der Waals surface area contributed by atoms with Crippen molar-refractivity contribution in [1.29, 1.82) is 0 Å². The zero-order valence-electron chi connectivity index (χ0n) is 18.9. The molecule has 4 nitrogen and oxygen atoms in total. The fourth-order valence-electron chi connectivity index (χ4n) is 6.31. The van der Waals surface area contributed by atoms with Crippen LogP contribution in [0.3, 0.4) is 0 Å². The van der Waals surface area contributed by atoms with Gasteiger partial charge in [0.25, 0.3) is 5.91 Å². The van der Waals surface area contributed by atoms with E-state index in [1.54, 1.807) is 0 Å². The van der Waals surface area contributed by atoms with E-state index in [4.69, 9.17) is 0 Å². The number of hydrogen-bond donors (Lipinski definition) is 0. The summed E-state index contributed by atoms with van der Waals surface area (Å²) < 4.78 is 0. The van der Waals surface area contributed by atoms with E-state index in [0.29, 0.717) is 23.9 Å². The van der Waals surface area contributed by atoms with Crippen LogP contribution in [0.5, 0.6) is 0 Å². The molecule has 0 N–H and O–H groups in total. The summed E-state index contributed by atoms with van der Waals surface area (Å²) in [6.45, 7) is 3.04. The molecule has 3 heterocycles. The molecule has 0 saturated carbocycles. The van der Waals surface area contributed by atoms with Crippen molar-refractivity contribution in [3.8, 4) is 0 Å². The molecule has 3 aliphatic heterocycles. The highest BCUT2D eigenvalue weighted by molar-refractivity contribution is 5.95. The smallest absolute Gasteiger partial charge is 0.253 e. The van der Waals surface area contributed by atoms with Gasteiger partial charge in [0, 0.05) is 50.5 Å². The lowest BCUT2D eigenvalue weighted by Crippen LogP contribution is -2.64. The number of anilines is 1.